The molecule has 0 bridgehead atoms. The first-order valence-corrected chi connectivity index (χ1v) is 10.5. The molecule has 2 atom stereocenters. The highest BCUT2D eigenvalue weighted by atomic mass is 32.2. The molecule has 3 heterocycles. The molecule has 1 unspecified atom stereocenters. The molecule has 29 heavy (non-hydrogen) atoms. The molecule has 2 aliphatic rings. The Morgan fingerprint density at radius 2 is 2.31 bits per heavy atom. The number of nitrogens with zero attached hydrogens (tertiary/aromatic N) is 3. The lowest BCUT2D eigenvalue weighted by molar-refractivity contribution is -0.150. The number of carbonyl (C=O) groups is 3. The number of aliphatic carboxylic acids is 1. The lowest BCUT2D eigenvalue weighted by atomic mass is 10.0. The van der Waals surface area contributed by atoms with Crippen molar-refractivity contribution in [2.75, 3.05) is 18.6 Å². The first kappa shape index (κ1) is 20.9. The maximum absolute atomic E-state index is 12.7. The number of carboxylic acids is 1. The van der Waals surface area contributed by atoms with E-state index < -0.39 is 29.2 Å². The number of fused-ring (bicyclic) bond motifs is 1. The Bertz CT molecular complexity index is 938. The summed E-state index contributed by atoms with van der Waals surface area (Å²) in [6.07, 6.45) is 4.32. The van der Waals surface area contributed by atoms with E-state index in [0.717, 1.165) is 17.8 Å². The number of anilines is 1. The summed E-state index contributed by atoms with van der Waals surface area (Å²) >= 11 is 2.52. The molecule has 1 aromatic rings. The summed E-state index contributed by atoms with van der Waals surface area (Å²) in [4.78, 5) is 47.0. The normalized spacial score (nSPS) is 21.8. The second kappa shape index (κ2) is 8.66. The maximum atomic E-state index is 12.7. The number of aromatic nitrogens is 1. The van der Waals surface area contributed by atoms with E-state index in [4.69, 9.17) is 10.6 Å². The van der Waals surface area contributed by atoms with Crippen LogP contribution in [0, 0.1) is 0 Å². The van der Waals surface area contributed by atoms with Crippen LogP contribution in [-0.4, -0.2) is 62.8 Å². The summed E-state index contributed by atoms with van der Waals surface area (Å²) < 4.78 is 0. The van der Waals surface area contributed by atoms with Crippen LogP contribution >= 0.6 is 23.1 Å². The zero-order valence-corrected chi connectivity index (χ0v) is 17.2. The molecule has 0 saturated carbocycles. The van der Waals surface area contributed by atoms with Crippen LogP contribution in [-0.2, 0) is 19.2 Å². The van der Waals surface area contributed by atoms with Crippen molar-refractivity contribution in [3.8, 4) is 0 Å². The third kappa shape index (κ3) is 3.98. The fourth-order valence-electron chi connectivity index (χ4n) is 2.93. The molecule has 2 amide bonds. The Labute approximate surface area is 174 Å². The summed E-state index contributed by atoms with van der Waals surface area (Å²) in [6.45, 7) is 1.94. The summed E-state index contributed by atoms with van der Waals surface area (Å²) in [5, 5.41) is 17.2. The molecule has 154 valence electrons. The molecule has 10 nitrogen and oxygen atoms in total. The van der Waals surface area contributed by atoms with Crippen molar-refractivity contribution in [2.45, 2.75) is 24.8 Å². The zero-order valence-electron chi connectivity index (χ0n) is 15.6. The van der Waals surface area contributed by atoms with Crippen LogP contribution in [0.5, 0.6) is 0 Å². The molecule has 0 aromatic carbocycles. The largest absolute Gasteiger partial charge is 0.477 e. The van der Waals surface area contributed by atoms with E-state index in [0.29, 0.717) is 11.3 Å². The number of amides is 2. The number of β-lactam (4-membered cyclic amide) rings is 1. The molecule has 1 fully saturated rings. The molecular weight excluding hydrogens is 418 g/mol. The van der Waals surface area contributed by atoms with Gasteiger partial charge >= 0.3 is 5.97 Å². The Balaban J connectivity index is 1.80. The first-order chi connectivity index (χ1) is 13.9. The first-order valence-electron chi connectivity index (χ1n) is 8.60. The smallest absolute Gasteiger partial charge is 0.352 e. The quantitative estimate of drug-likeness (QED) is 0.322. The third-order valence-corrected chi connectivity index (χ3v) is 6.18. The minimum absolute atomic E-state index is 0.0491. The van der Waals surface area contributed by atoms with E-state index in [2.05, 4.69) is 15.5 Å². The maximum Gasteiger partial charge on any atom is 0.352 e. The number of nitrogens with one attached hydrogen (secondary N) is 1. The van der Waals surface area contributed by atoms with Crippen LogP contribution in [0.2, 0.25) is 0 Å². The number of thiazole rings is 1. The number of nitrogen functional groups attached to an aromatic ring is 1. The third-order valence-electron chi connectivity index (χ3n) is 4.20. The van der Waals surface area contributed by atoms with Gasteiger partial charge in [-0.15, -0.1) is 23.1 Å². The van der Waals surface area contributed by atoms with E-state index in [1.54, 1.807) is 11.5 Å². The number of rotatable bonds is 7. The standard InChI is InChI=1S/C17H19N5O5S2/c1-3-4-5-8-6-28-15-11(14(24)22(15)12(8)16(25)26)20-13(23)10(21-27-2)9-7-29-17(18)19-9/h4-5,7,11,15H,3,6H2,1-2H3,(H2,18,19)(H,20,23)(H,25,26)/b5-4-,21-10+/t11?,15-/m1/s1. The molecule has 0 spiro atoms. The molecular formula is C17H19N5O5S2. The van der Waals surface area contributed by atoms with Gasteiger partial charge in [0.1, 0.15) is 29.9 Å². The highest BCUT2D eigenvalue weighted by molar-refractivity contribution is 8.00. The van der Waals surface area contributed by atoms with Gasteiger partial charge < -0.3 is 21.0 Å². The predicted molar refractivity (Wildman–Crippen MR) is 109 cm³/mol. The summed E-state index contributed by atoms with van der Waals surface area (Å²) in [5.41, 5.74) is 6.23. The van der Waals surface area contributed by atoms with Gasteiger partial charge in [-0.3, -0.25) is 14.5 Å². The number of carboxylic acid groups (broad SMARTS) is 1. The minimum Gasteiger partial charge on any atom is -0.477 e. The number of carbonyl (C=O) groups excluding carboxylic acids is 2. The Hall–Kier alpha value is -2.86. The lowest BCUT2D eigenvalue weighted by Crippen LogP contribution is -2.71. The van der Waals surface area contributed by atoms with Crippen molar-refractivity contribution in [2.24, 2.45) is 5.16 Å². The molecule has 0 aliphatic carbocycles. The van der Waals surface area contributed by atoms with Crippen LogP contribution in [0.25, 0.3) is 0 Å². The lowest BCUT2D eigenvalue weighted by Gasteiger charge is -2.49. The Morgan fingerprint density at radius 3 is 2.90 bits per heavy atom. The fourth-order valence-corrected chi connectivity index (χ4v) is 4.80. The molecule has 4 N–H and O–H groups in total. The van der Waals surface area contributed by atoms with E-state index in [9.17, 15) is 19.5 Å². The van der Waals surface area contributed by atoms with E-state index in [-0.39, 0.29) is 22.2 Å². The molecule has 12 heteroatoms. The van der Waals surface area contributed by atoms with Gasteiger partial charge in [0.2, 0.25) is 0 Å². The topological polar surface area (TPSA) is 147 Å². The van der Waals surface area contributed by atoms with E-state index >= 15 is 0 Å². The summed E-state index contributed by atoms with van der Waals surface area (Å²) in [6, 6.07) is -0.878. The van der Waals surface area contributed by atoms with Gasteiger partial charge in [-0.05, 0) is 12.0 Å². The Morgan fingerprint density at radius 1 is 1.55 bits per heavy atom. The van der Waals surface area contributed by atoms with Crippen molar-refractivity contribution in [3.63, 3.8) is 0 Å². The number of thioether (sulfide) groups is 1. The van der Waals surface area contributed by atoms with Gasteiger partial charge in [0, 0.05) is 11.1 Å². The van der Waals surface area contributed by atoms with Crippen LogP contribution in [0.3, 0.4) is 0 Å². The SMILES string of the molecule is CC/C=C\C1=C(C(=O)O)N2C(=O)C(NC(=O)/C(=N/OC)c3csc(N)n3)[C@H]2SC1. The summed E-state index contributed by atoms with van der Waals surface area (Å²) in [5.74, 6) is -1.91. The van der Waals surface area contributed by atoms with Crippen LogP contribution in [0.4, 0.5) is 5.13 Å². The molecule has 0 radical (unpaired) electrons. The van der Waals surface area contributed by atoms with Gasteiger partial charge in [0.05, 0.1) is 0 Å². The van der Waals surface area contributed by atoms with E-state index in [1.165, 1.54) is 23.8 Å². The fraction of sp³-hybridized carbons (Fsp3) is 0.353. The monoisotopic (exact) mass is 437 g/mol. The number of hydrogen-bond donors (Lipinski definition) is 3. The molecule has 1 saturated heterocycles. The average molecular weight is 438 g/mol. The highest BCUT2D eigenvalue weighted by Gasteiger charge is 2.54. The average Bonchev–Trinajstić information content (AvgIpc) is 3.13. The molecule has 3 rings (SSSR count). The minimum atomic E-state index is -1.18. The van der Waals surface area contributed by atoms with Gasteiger partial charge in [-0.2, -0.15) is 0 Å². The van der Waals surface area contributed by atoms with Crippen LogP contribution in [0.15, 0.2) is 34.0 Å². The predicted octanol–water partition coefficient (Wildman–Crippen LogP) is 0.781. The molecule has 2 aliphatic heterocycles. The van der Waals surface area contributed by atoms with Gasteiger partial charge in [0.15, 0.2) is 10.8 Å². The highest BCUT2D eigenvalue weighted by Crippen LogP contribution is 2.40. The van der Waals surface area contributed by atoms with Crippen molar-refractivity contribution >= 4 is 51.7 Å². The number of nitrogens with two attached hydrogens (primary N) is 1. The molecule has 1 aromatic heterocycles. The van der Waals surface area contributed by atoms with Crippen LogP contribution in [0.1, 0.15) is 19.0 Å². The van der Waals surface area contributed by atoms with E-state index in [1.807, 2.05) is 13.0 Å². The van der Waals surface area contributed by atoms with Crippen molar-refractivity contribution in [1.82, 2.24) is 15.2 Å². The van der Waals surface area contributed by atoms with Gasteiger partial charge in [-0.25, -0.2) is 9.78 Å². The van der Waals surface area contributed by atoms with Gasteiger partial charge in [0.25, 0.3) is 11.8 Å². The Kier molecular flexibility index (Phi) is 6.23. The van der Waals surface area contributed by atoms with Gasteiger partial charge in [-0.1, -0.05) is 24.2 Å². The van der Waals surface area contributed by atoms with Crippen molar-refractivity contribution in [3.05, 3.63) is 34.5 Å². The zero-order chi connectivity index (χ0) is 21.1. The van der Waals surface area contributed by atoms with Crippen LogP contribution < -0.4 is 11.1 Å². The number of allylic oxidation sites excluding steroid dienone is 2. The summed E-state index contributed by atoms with van der Waals surface area (Å²) in [7, 11) is 1.28. The number of oxime groups is 1. The van der Waals surface area contributed by atoms with Crippen molar-refractivity contribution in [1.29, 1.82) is 0 Å². The second-order valence-corrected chi connectivity index (χ2v) is 8.04. The number of hydrogen-bond acceptors (Lipinski definition) is 9. The second-order valence-electron chi connectivity index (χ2n) is 6.04. The van der Waals surface area contributed by atoms with Crippen molar-refractivity contribution < 1.29 is 24.3 Å².